The Morgan fingerprint density at radius 1 is 1.00 bits per heavy atom. The maximum absolute atomic E-state index is 12.6. The van der Waals surface area contributed by atoms with Crippen LogP contribution in [0.25, 0.3) is 0 Å². The van der Waals surface area contributed by atoms with Gasteiger partial charge in [0.05, 0.1) is 0 Å². The summed E-state index contributed by atoms with van der Waals surface area (Å²) < 4.78 is 0. The summed E-state index contributed by atoms with van der Waals surface area (Å²) in [5.74, 6) is 1.23. The van der Waals surface area contributed by atoms with Crippen molar-refractivity contribution in [2.24, 2.45) is 5.92 Å². The minimum atomic E-state index is -0.0863. The van der Waals surface area contributed by atoms with Gasteiger partial charge in [-0.2, -0.15) is 0 Å². The molecule has 0 spiro atoms. The van der Waals surface area contributed by atoms with E-state index in [1.807, 2.05) is 24.3 Å². The van der Waals surface area contributed by atoms with Gasteiger partial charge in [0.15, 0.2) is 0 Å². The van der Waals surface area contributed by atoms with Gasteiger partial charge in [0, 0.05) is 22.8 Å². The molecule has 2 atom stereocenters. The summed E-state index contributed by atoms with van der Waals surface area (Å²) in [6.45, 7) is 6.60. The number of piperidine rings is 1. The lowest BCUT2D eigenvalue weighted by Gasteiger charge is -2.38. The average Bonchev–Trinajstić information content (AvgIpc) is 3.24. The highest BCUT2D eigenvalue weighted by Gasteiger charge is 2.35. The number of rotatable bonds is 6. The second-order valence-corrected chi connectivity index (χ2v) is 10.2. The number of urea groups is 1. The molecule has 4 nitrogen and oxygen atoms in total. The molecule has 0 radical (unpaired) electrons. The molecule has 2 N–H and O–H groups in total. The van der Waals surface area contributed by atoms with E-state index in [0.29, 0.717) is 12.0 Å². The zero-order valence-electron chi connectivity index (χ0n) is 19.3. The molecule has 4 rings (SSSR count). The Morgan fingerprint density at radius 2 is 1.69 bits per heavy atom. The molecule has 32 heavy (non-hydrogen) atoms. The van der Waals surface area contributed by atoms with Crippen molar-refractivity contribution in [1.82, 2.24) is 10.2 Å². The summed E-state index contributed by atoms with van der Waals surface area (Å²) >= 11 is 6.02. The largest absolute Gasteiger partial charge is 0.334 e. The van der Waals surface area contributed by atoms with Gasteiger partial charge < -0.3 is 10.6 Å². The molecule has 2 aromatic carbocycles. The van der Waals surface area contributed by atoms with E-state index in [2.05, 4.69) is 53.6 Å². The predicted octanol–water partition coefficient (Wildman–Crippen LogP) is 6.46. The number of carbonyl (C=O) groups excluding carboxylic acids is 1. The molecule has 0 aromatic heterocycles. The van der Waals surface area contributed by atoms with Crippen LogP contribution in [0.2, 0.25) is 5.02 Å². The first-order valence-corrected chi connectivity index (χ1v) is 12.5. The van der Waals surface area contributed by atoms with E-state index in [1.54, 1.807) is 0 Å². The Morgan fingerprint density at radius 3 is 2.34 bits per heavy atom. The Bertz CT molecular complexity index is 873. The Hall–Kier alpha value is -2.04. The van der Waals surface area contributed by atoms with Crippen molar-refractivity contribution < 1.29 is 4.79 Å². The molecule has 2 amide bonds. The summed E-state index contributed by atoms with van der Waals surface area (Å²) in [6.07, 6.45) is 7.00. The zero-order chi connectivity index (χ0) is 22.5. The van der Waals surface area contributed by atoms with Gasteiger partial charge in [0.2, 0.25) is 0 Å². The number of nitrogens with one attached hydrogen (secondary N) is 2. The van der Waals surface area contributed by atoms with Crippen molar-refractivity contribution in [1.29, 1.82) is 0 Å². The molecular weight excluding hydrogens is 418 g/mol. The number of hydrogen-bond donors (Lipinski definition) is 2. The molecule has 1 heterocycles. The van der Waals surface area contributed by atoms with E-state index in [9.17, 15) is 4.79 Å². The van der Waals surface area contributed by atoms with Crippen LogP contribution in [-0.4, -0.2) is 36.1 Å². The minimum absolute atomic E-state index is 0.0863. The number of nitrogens with zero attached hydrogens (tertiary/aromatic N) is 1. The summed E-state index contributed by atoms with van der Waals surface area (Å²) in [6, 6.07) is 17.1. The Balaban J connectivity index is 1.25. The van der Waals surface area contributed by atoms with E-state index >= 15 is 0 Å². The summed E-state index contributed by atoms with van der Waals surface area (Å²) in [4.78, 5) is 15.3. The fourth-order valence-corrected chi connectivity index (χ4v) is 5.40. The van der Waals surface area contributed by atoms with Crippen LogP contribution in [0.15, 0.2) is 48.5 Å². The lowest BCUT2D eigenvalue weighted by molar-refractivity contribution is 0.119. The van der Waals surface area contributed by atoms with Crippen LogP contribution in [0.4, 0.5) is 10.5 Å². The SMILES string of the molecule is CC(C)c1ccc(NC(=O)N[C@@H]2CCC[C@H]2N2CCC(Cc3ccc(Cl)cc3)CC2)cc1. The van der Waals surface area contributed by atoms with Crippen LogP contribution in [-0.2, 0) is 6.42 Å². The van der Waals surface area contributed by atoms with Gasteiger partial charge in [0.1, 0.15) is 0 Å². The fourth-order valence-electron chi connectivity index (χ4n) is 5.28. The van der Waals surface area contributed by atoms with Crippen molar-refractivity contribution in [2.45, 2.75) is 70.4 Å². The van der Waals surface area contributed by atoms with Crippen LogP contribution >= 0.6 is 11.6 Å². The van der Waals surface area contributed by atoms with Crippen molar-refractivity contribution in [2.75, 3.05) is 18.4 Å². The lowest BCUT2D eigenvalue weighted by atomic mass is 9.89. The molecule has 2 fully saturated rings. The number of benzene rings is 2. The van der Waals surface area contributed by atoms with E-state index in [4.69, 9.17) is 11.6 Å². The molecule has 1 aliphatic heterocycles. The molecule has 172 valence electrons. The molecule has 1 aliphatic carbocycles. The summed E-state index contributed by atoms with van der Waals surface area (Å²) in [5, 5.41) is 7.09. The maximum Gasteiger partial charge on any atom is 0.319 e. The first-order valence-electron chi connectivity index (χ1n) is 12.1. The Labute approximate surface area is 197 Å². The van der Waals surface area contributed by atoms with Gasteiger partial charge in [0.25, 0.3) is 0 Å². The second kappa shape index (κ2) is 10.7. The zero-order valence-corrected chi connectivity index (χ0v) is 20.1. The Kier molecular flexibility index (Phi) is 7.75. The van der Waals surface area contributed by atoms with Crippen LogP contribution in [0.1, 0.15) is 63.0 Å². The molecule has 1 saturated carbocycles. The van der Waals surface area contributed by atoms with Crippen molar-refractivity contribution in [3.05, 3.63) is 64.7 Å². The predicted molar refractivity (Wildman–Crippen MR) is 134 cm³/mol. The van der Waals surface area contributed by atoms with Gasteiger partial charge in [-0.1, -0.05) is 49.7 Å². The summed E-state index contributed by atoms with van der Waals surface area (Å²) in [5.41, 5.74) is 3.52. The third-order valence-corrected chi connectivity index (χ3v) is 7.44. The third-order valence-electron chi connectivity index (χ3n) is 7.19. The van der Waals surface area contributed by atoms with Gasteiger partial charge in [-0.05, 0) is 98.8 Å². The van der Waals surface area contributed by atoms with E-state index in [-0.39, 0.29) is 12.1 Å². The second-order valence-electron chi connectivity index (χ2n) is 9.79. The number of anilines is 1. The molecule has 2 aromatic rings. The highest BCUT2D eigenvalue weighted by Crippen LogP contribution is 2.30. The number of halogens is 1. The molecular formula is C27H36ClN3O. The molecule has 0 unspecified atom stereocenters. The van der Waals surface area contributed by atoms with E-state index in [1.165, 1.54) is 36.8 Å². The molecule has 1 saturated heterocycles. The number of amides is 2. The van der Waals surface area contributed by atoms with Gasteiger partial charge in [-0.15, -0.1) is 0 Å². The lowest BCUT2D eigenvalue weighted by Crippen LogP contribution is -2.52. The normalized spacial score (nSPS) is 22.2. The topological polar surface area (TPSA) is 44.4 Å². The van der Waals surface area contributed by atoms with Gasteiger partial charge >= 0.3 is 6.03 Å². The van der Waals surface area contributed by atoms with Crippen molar-refractivity contribution in [3.8, 4) is 0 Å². The van der Waals surface area contributed by atoms with Crippen molar-refractivity contribution >= 4 is 23.3 Å². The van der Waals surface area contributed by atoms with Crippen LogP contribution in [0.5, 0.6) is 0 Å². The number of hydrogen-bond acceptors (Lipinski definition) is 2. The van der Waals surface area contributed by atoms with Gasteiger partial charge in [-0.3, -0.25) is 4.90 Å². The molecule has 2 aliphatic rings. The van der Waals surface area contributed by atoms with Gasteiger partial charge in [-0.25, -0.2) is 4.79 Å². The van der Waals surface area contributed by atoms with Crippen LogP contribution < -0.4 is 10.6 Å². The average molecular weight is 454 g/mol. The highest BCUT2D eigenvalue weighted by atomic mass is 35.5. The van der Waals surface area contributed by atoms with Crippen LogP contribution in [0.3, 0.4) is 0 Å². The molecule has 5 heteroatoms. The minimum Gasteiger partial charge on any atom is -0.334 e. The van der Waals surface area contributed by atoms with E-state index < -0.39 is 0 Å². The molecule has 0 bridgehead atoms. The maximum atomic E-state index is 12.6. The quantitative estimate of drug-likeness (QED) is 0.527. The van der Waals surface area contributed by atoms with Crippen molar-refractivity contribution in [3.63, 3.8) is 0 Å². The van der Waals surface area contributed by atoms with E-state index in [0.717, 1.165) is 42.6 Å². The standard InChI is InChI=1S/C27H36ClN3O/c1-19(2)22-8-12-24(13-9-22)29-27(32)30-25-4-3-5-26(25)31-16-14-21(15-17-31)18-20-6-10-23(28)11-7-20/h6-13,19,21,25-26H,3-5,14-18H2,1-2H3,(H2,29,30,32)/t25-,26-/m1/s1. The van der Waals surface area contributed by atoms with Crippen LogP contribution in [0, 0.1) is 5.92 Å². The number of carbonyl (C=O) groups is 1. The highest BCUT2D eigenvalue weighted by molar-refractivity contribution is 6.30. The first-order chi connectivity index (χ1) is 15.5. The first kappa shape index (κ1) is 23.1. The number of likely N-dealkylation sites (tertiary alicyclic amines) is 1. The third kappa shape index (κ3) is 6.05. The fraction of sp³-hybridized carbons (Fsp3) is 0.519. The smallest absolute Gasteiger partial charge is 0.319 e. The summed E-state index contributed by atoms with van der Waals surface area (Å²) in [7, 11) is 0. The monoisotopic (exact) mass is 453 g/mol.